The van der Waals surface area contributed by atoms with Gasteiger partial charge in [0.15, 0.2) is 0 Å². The first-order valence-corrected chi connectivity index (χ1v) is 6.05. The molecule has 0 atom stereocenters. The number of anilines is 1. The van der Waals surface area contributed by atoms with Crippen LogP contribution in [0.2, 0.25) is 5.02 Å². The summed E-state index contributed by atoms with van der Waals surface area (Å²) in [6.07, 6.45) is -0.868. The van der Waals surface area contributed by atoms with Crippen molar-refractivity contribution in [2.45, 2.75) is 32.8 Å². The van der Waals surface area contributed by atoms with Crippen molar-refractivity contribution in [2.75, 3.05) is 5.32 Å². The number of halogens is 1. The molecule has 1 aromatic carbocycles. The van der Waals surface area contributed by atoms with Crippen LogP contribution < -0.4 is 5.32 Å². The summed E-state index contributed by atoms with van der Waals surface area (Å²) in [5.74, 6) is -1.01. The summed E-state index contributed by atoms with van der Waals surface area (Å²) in [6, 6.07) is 4.62. The van der Waals surface area contributed by atoms with Gasteiger partial charge in [-0.2, -0.15) is 0 Å². The van der Waals surface area contributed by atoms with Gasteiger partial charge in [-0.3, -0.25) is 10.1 Å². The van der Waals surface area contributed by atoms with Gasteiger partial charge in [0.25, 0.3) is 0 Å². The molecule has 19 heavy (non-hydrogen) atoms. The largest absolute Gasteiger partial charge is 0.481 e. The summed E-state index contributed by atoms with van der Waals surface area (Å²) in [5.41, 5.74) is 0.177. The molecule has 1 amide bonds. The van der Waals surface area contributed by atoms with Crippen molar-refractivity contribution in [3.05, 3.63) is 28.8 Å². The third kappa shape index (κ3) is 5.61. The van der Waals surface area contributed by atoms with Gasteiger partial charge in [-0.25, -0.2) is 4.79 Å². The second-order valence-electron chi connectivity index (χ2n) is 5.00. The Hall–Kier alpha value is -1.75. The molecule has 0 aromatic heterocycles. The van der Waals surface area contributed by atoms with E-state index in [1.54, 1.807) is 32.9 Å². The van der Waals surface area contributed by atoms with Crippen molar-refractivity contribution in [3.8, 4) is 0 Å². The first kappa shape index (κ1) is 15.3. The topological polar surface area (TPSA) is 75.6 Å². The minimum absolute atomic E-state index is 0.230. The van der Waals surface area contributed by atoms with Crippen LogP contribution in [0.3, 0.4) is 0 Å². The van der Waals surface area contributed by atoms with Gasteiger partial charge in [-0.1, -0.05) is 11.6 Å². The Morgan fingerprint density at radius 1 is 1.37 bits per heavy atom. The zero-order valence-electron chi connectivity index (χ0n) is 11.0. The fourth-order valence-electron chi connectivity index (χ4n) is 1.41. The molecule has 2 N–H and O–H groups in total. The molecule has 1 aromatic rings. The lowest BCUT2D eigenvalue weighted by atomic mass is 10.1. The number of amides is 1. The van der Waals surface area contributed by atoms with Crippen LogP contribution in [0, 0.1) is 0 Å². The van der Waals surface area contributed by atoms with Crippen molar-refractivity contribution in [2.24, 2.45) is 0 Å². The average molecular weight is 286 g/mol. The smallest absolute Gasteiger partial charge is 0.412 e. The van der Waals surface area contributed by atoms with E-state index in [4.69, 9.17) is 21.4 Å². The van der Waals surface area contributed by atoms with E-state index in [0.717, 1.165) is 0 Å². The summed E-state index contributed by atoms with van der Waals surface area (Å²) in [6.45, 7) is 5.23. The molecule has 0 fully saturated rings. The Kier molecular flexibility index (Phi) is 4.78. The van der Waals surface area contributed by atoms with Gasteiger partial charge < -0.3 is 9.84 Å². The van der Waals surface area contributed by atoms with Crippen molar-refractivity contribution < 1.29 is 19.4 Å². The molecule has 0 aliphatic carbocycles. The maximum Gasteiger partial charge on any atom is 0.412 e. The minimum Gasteiger partial charge on any atom is -0.481 e. The summed E-state index contributed by atoms with van der Waals surface area (Å²) < 4.78 is 5.10. The van der Waals surface area contributed by atoms with E-state index >= 15 is 0 Å². The van der Waals surface area contributed by atoms with Crippen LogP contribution in [0.5, 0.6) is 0 Å². The Balaban J connectivity index is 2.88. The van der Waals surface area contributed by atoms with Gasteiger partial charge >= 0.3 is 12.1 Å². The van der Waals surface area contributed by atoms with Crippen LogP contribution in [-0.2, 0) is 16.0 Å². The molecule has 5 nitrogen and oxygen atoms in total. The standard InChI is InChI=1S/C13H16ClNO4/c1-13(2,3)19-12(18)15-10-5-4-9(14)6-8(10)7-11(16)17/h4-6H,7H2,1-3H3,(H,15,18)(H,16,17). The molecule has 0 saturated carbocycles. The number of hydrogen-bond acceptors (Lipinski definition) is 3. The summed E-state index contributed by atoms with van der Waals surface area (Å²) in [5, 5.41) is 11.7. The number of rotatable bonds is 3. The van der Waals surface area contributed by atoms with E-state index < -0.39 is 17.7 Å². The first-order chi connectivity index (χ1) is 8.67. The molecule has 0 heterocycles. The van der Waals surface area contributed by atoms with Gasteiger partial charge in [0.05, 0.1) is 6.42 Å². The minimum atomic E-state index is -1.01. The van der Waals surface area contributed by atoms with Crippen LogP contribution in [0.1, 0.15) is 26.3 Å². The number of carboxylic acids is 1. The first-order valence-electron chi connectivity index (χ1n) is 5.67. The van der Waals surface area contributed by atoms with E-state index in [0.29, 0.717) is 16.3 Å². The molecular formula is C13H16ClNO4. The molecule has 104 valence electrons. The molecule has 1 rings (SSSR count). The lowest BCUT2D eigenvalue weighted by Gasteiger charge is -2.20. The quantitative estimate of drug-likeness (QED) is 0.893. The van der Waals surface area contributed by atoms with Crippen molar-refractivity contribution in [1.29, 1.82) is 0 Å². The van der Waals surface area contributed by atoms with Crippen molar-refractivity contribution >= 4 is 29.4 Å². The fraction of sp³-hybridized carbons (Fsp3) is 0.385. The lowest BCUT2D eigenvalue weighted by molar-refractivity contribution is -0.136. The highest BCUT2D eigenvalue weighted by Crippen LogP contribution is 2.22. The monoisotopic (exact) mass is 285 g/mol. The number of benzene rings is 1. The number of aliphatic carboxylic acids is 1. The number of hydrogen-bond donors (Lipinski definition) is 2. The molecule has 0 unspecified atom stereocenters. The van der Waals surface area contributed by atoms with Crippen LogP contribution in [0.25, 0.3) is 0 Å². The zero-order valence-corrected chi connectivity index (χ0v) is 11.7. The van der Waals surface area contributed by atoms with Gasteiger partial charge in [-0.15, -0.1) is 0 Å². The number of ether oxygens (including phenoxy) is 1. The van der Waals surface area contributed by atoms with Crippen molar-refractivity contribution in [3.63, 3.8) is 0 Å². The van der Waals surface area contributed by atoms with Gasteiger partial charge in [0.2, 0.25) is 0 Å². The SMILES string of the molecule is CC(C)(C)OC(=O)Nc1ccc(Cl)cc1CC(=O)O. The molecular weight excluding hydrogens is 270 g/mol. The fourth-order valence-corrected chi connectivity index (χ4v) is 1.60. The van der Waals surface area contributed by atoms with E-state index in [1.165, 1.54) is 6.07 Å². The zero-order chi connectivity index (χ0) is 14.6. The Bertz CT molecular complexity index is 494. The summed E-state index contributed by atoms with van der Waals surface area (Å²) >= 11 is 5.81. The highest BCUT2D eigenvalue weighted by molar-refractivity contribution is 6.30. The highest BCUT2D eigenvalue weighted by Gasteiger charge is 2.17. The summed E-state index contributed by atoms with van der Waals surface area (Å²) in [7, 11) is 0. The van der Waals surface area contributed by atoms with Crippen LogP contribution in [0.4, 0.5) is 10.5 Å². The molecule has 0 aliphatic heterocycles. The maximum atomic E-state index is 11.6. The van der Waals surface area contributed by atoms with Gasteiger partial charge in [0, 0.05) is 10.7 Å². The second-order valence-corrected chi connectivity index (χ2v) is 5.44. The summed E-state index contributed by atoms with van der Waals surface area (Å²) in [4.78, 5) is 22.4. The molecule has 0 aliphatic rings. The van der Waals surface area contributed by atoms with E-state index in [-0.39, 0.29) is 6.42 Å². The third-order valence-corrected chi connectivity index (χ3v) is 2.28. The maximum absolute atomic E-state index is 11.6. The number of nitrogens with one attached hydrogen (secondary N) is 1. The molecule has 0 spiro atoms. The number of carbonyl (C=O) groups is 2. The third-order valence-electron chi connectivity index (χ3n) is 2.04. The van der Waals surface area contributed by atoms with E-state index in [1.807, 2.05) is 0 Å². The second kappa shape index (κ2) is 5.93. The average Bonchev–Trinajstić information content (AvgIpc) is 2.18. The van der Waals surface area contributed by atoms with Crippen LogP contribution in [0.15, 0.2) is 18.2 Å². The number of carbonyl (C=O) groups excluding carboxylic acids is 1. The van der Waals surface area contributed by atoms with Gasteiger partial charge in [0.1, 0.15) is 5.60 Å². The van der Waals surface area contributed by atoms with E-state index in [2.05, 4.69) is 5.32 Å². The van der Waals surface area contributed by atoms with E-state index in [9.17, 15) is 9.59 Å². The Morgan fingerprint density at radius 2 is 2.00 bits per heavy atom. The predicted octanol–water partition coefficient (Wildman–Crippen LogP) is 3.31. The molecule has 0 saturated heterocycles. The Morgan fingerprint density at radius 3 is 2.53 bits per heavy atom. The lowest BCUT2D eigenvalue weighted by Crippen LogP contribution is -2.27. The molecule has 0 bridgehead atoms. The Labute approximate surface area is 116 Å². The van der Waals surface area contributed by atoms with Crippen molar-refractivity contribution in [1.82, 2.24) is 0 Å². The predicted molar refractivity (Wildman–Crippen MR) is 72.6 cm³/mol. The normalized spacial score (nSPS) is 10.9. The van der Waals surface area contributed by atoms with Crippen LogP contribution >= 0.6 is 11.6 Å². The molecule has 6 heteroatoms. The van der Waals surface area contributed by atoms with Crippen LogP contribution in [-0.4, -0.2) is 22.8 Å². The molecule has 0 radical (unpaired) electrons. The highest BCUT2D eigenvalue weighted by atomic mass is 35.5. The van der Waals surface area contributed by atoms with Gasteiger partial charge in [-0.05, 0) is 44.5 Å². The number of carboxylic acid groups (broad SMARTS) is 1.